The van der Waals surface area contributed by atoms with Crippen molar-refractivity contribution >= 4 is 11.7 Å². The number of hydrogen-bond donors (Lipinski definition) is 0. The van der Waals surface area contributed by atoms with E-state index in [1.54, 1.807) is 6.33 Å². The largest absolute Gasteiger partial charge is 0.491 e. The van der Waals surface area contributed by atoms with Crippen LogP contribution in [0.4, 0.5) is 5.69 Å². The van der Waals surface area contributed by atoms with Crippen molar-refractivity contribution < 1.29 is 14.3 Å². The molecule has 0 N–H and O–H groups in total. The Morgan fingerprint density at radius 1 is 1.21 bits per heavy atom. The van der Waals surface area contributed by atoms with Crippen LogP contribution < -0.4 is 9.64 Å². The SMILES string of the molecule is CC(C)n1ncnc1-c1cn2c(n1)-c1ccc(N3CCCC3C(=O)OC(C)(C)C)cc1OCC2. The van der Waals surface area contributed by atoms with Crippen molar-refractivity contribution in [2.45, 2.75) is 71.7 Å². The van der Waals surface area contributed by atoms with Crippen molar-refractivity contribution in [1.82, 2.24) is 24.3 Å². The van der Waals surface area contributed by atoms with Crippen LogP contribution in [0.5, 0.6) is 5.75 Å². The standard InChI is InChI=1S/C25H32N6O3/c1-16(2)31-23(26-15-27-31)19-14-29-11-12-33-21-13-17(8-9-18(21)22(29)28-19)30-10-6-7-20(30)24(32)34-25(3,4)5/h8-9,13-16,20H,6-7,10-12H2,1-5H3. The van der Waals surface area contributed by atoms with Gasteiger partial charge in [0.15, 0.2) is 5.82 Å². The summed E-state index contributed by atoms with van der Waals surface area (Å²) in [6.45, 7) is 11.9. The van der Waals surface area contributed by atoms with Crippen LogP contribution in [0.25, 0.3) is 22.9 Å². The predicted molar refractivity (Wildman–Crippen MR) is 129 cm³/mol. The Labute approximate surface area is 199 Å². The zero-order valence-corrected chi connectivity index (χ0v) is 20.5. The molecule has 34 heavy (non-hydrogen) atoms. The number of carbonyl (C=O) groups excluding carboxylic acids is 1. The van der Waals surface area contributed by atoms with Crippen LogP contribution in [0.3, 0.4) is 0 Å². The van der Waals surface area contributed by atoms with Gasteiger partial charge >= 0.3 is 5.97 Å². The number of aromatic nitrogens is 5. The third kappa shape index (κ3) is 4.15. The third-order valence-corrected chi connectivity index (χ3v) is 6.13. The summed E-state index contributed by atoms with van der Waals surface area (Å²) in [4.78, 5) is 24.3. The molecule has 1 fully saturated rings. The van der Waals surface area contributed by atoms with Crippen LogP contribution in [0.1, 0.15) is 53.5 Å². The van der Waals surface area contributed by atoms with Gasteiger partial charge in [-0.05, 0) is 59.6 Å². The summed E-state index contributed by atoms with van der Waals surface area (Å²) in [6, 6.07) is 6.02. The van der Waals surface area contributed by atoms with Gasteiger partial charge in [0.1, 0.15) is 41.8 Å². The van der Waals surface area contributed by atoms with E-state index in [4.69, 9.17) is 14.5 Å². The van der Waals surface area contributed by atoms with Crippen molar-refractivity contribution in [2.75, 3.05) is 18.1 Å². The van der Waals surface area contributed by atoms with E-state index >= 15 is 0 Å². The maximum Gasteiger partial charge on any atom is 0.329 e. The van der Waals surface area contributed by atoms with Crippen molar-refractivity contribution in [3.8, 4) is 28.7 Å². The number of imidazole rings is 1. The van der Waals surface area contributed by atoms with Gasteiger partial charge in [0, 0.05) is 30.5 Å². The molecule has 0 saturated carbocycles. The van der Waals surface area contributed by atoms with Gasteiger partial charge in [-0.3, -0.25) is 0 Å². The molecule has 4 heterocycles. The van der Waals surface area contributed by atoms with Gasteiger partial charge in [-0.2, -0.15) is 5.10 Å². The number of hydrogen-bond acceptors (Lipinski definition) is 7. The lowest BCUT2D eigenvalue weighted by Crippen LogP contribution is -2.40. The first kappa shape index (κ1) is 22.4. The van der Waals surface area contributed by atoms with Gasteiger partial charge in [0.25, 0.3) is 0 Å². The molecular formula is C25H32N6O3. The highest BCUT2D eigenvalue weighted by atomic mass is 16.6. The lowest BCUT2D eigenvalue weighted by atomic mass is 10.1. The fourth-order valence-corrected chi connectivity index (χ4v) is 4.66. The average molecular weight is 465 g/mol. The molecule has 2 aliphatic rings. The van der Waals surface area contributed by atoms with Crippen molar-refractivity contribution in [3.05, 3.63) is 30.7 Å². The second kappa shape index (κ2) is 8.45. The molecule has 1 aromatic carbocycles. The van der Waals surface area contributed by atoms with E-state index in [-0.39, 0.29) is 18.1 Å². The van der Waals surface area contributed by atoms with E-state index in [1.165, 1.54) is 0 Å². The lowest BCUT2D eigenvalue weighted by molar-refractivity contribution is -0.156. The molecule has 1 atom stereocenters. The number of ether oxygens (including phenoxy) is 2. The minimum Gasteiger partial charge on any atom is -0.491 e. The molecule has 0 amide bonds. The molecule has 2 aliphatic heterocycles. The zero-order valence-electron chi connectivity index (χ0n) is 20.5. The number of rotatable bonds is 4. The first-order valence-corrected chi connectivity index (χ1v) is 11.9. The molecule has 3 aromatic rings. The molecule has 2 aromatic heterocycles. The number of nitrogens with zero attached hydrogens (tertiary/aromatic N) is 6. The quantitative estimate of drug-likeness (QED) is 0.538. The Morgan fingerprint density at radius 2 is 2.03 bits per heavy atom. The lowest BCUT2D eigenvalue weighted by Gasteiger charge is -2.29. The topological polar surface area (TPSA) is 87.3 Å². The van der Waals surface area contributed by atoms with E-state index in [2.05, 4.69) is 33.4 Å². The molecule has 9 nitrogen and oxygen atoms in total. The highest BCUT2D eigenvalue weighted by Crippen LogP contribution is 2.38. The fourth-order valence-electron chi connectivity index (χ4n) is 4.66. The van der Waals surface area contributed by atoms with E-state index < -0.39 is 5.60 Å². The average Bonchev–Trinajstić information content (AvgIpc) is 3.50. The second-order valence-electron chi connectivity index (χ2n) is 10.2. The molecular weight excluding hydrogens is 432 g/mol. The minimum absolute atomic E-state index is 0.171. The molecule has 9 heteroatoms. The van der Waals surface area contributed by atoms with Crippen molar-refractivity contribution in [2.24, 2.45) is 0 Å². The van der Waals surface area contributed by atoms with E-state index in [0.717, 1.165) is 53.7 Å². The van der Waals surface area contributed by atoms with E-state index in [0.29, 0.717) is 13.2 Å². The van der Waals surface area contributed by atoms with Crippen LogP contribution in [-0.2, 0) is 16.1 Å². The molecule has 5 rings (SSSR count). The first-order chi connectivity index (χ1) is 16.2. The summed E-state index contributed by atoms with van der Waals surface area (Å²) in [5, 5.41) is 4.35. The highest BCUT2D eigenvalue weighted by molar-refractivity contribution is 5.82. The summed E-state index contributed by atoms with van der Waals surface area (Å²) in [6.07, 6.45) is 5.33. The summed E-state index contributed by atoms with van der Waals surface area (Å²) in [7, 11) is 0. The highest BCUT2D eigenvalue weighted by Gasteiger charge is 2.35. The Balaban J connectivity index is 1.47. The minimum atomic E-state index is -0.503. The van der Waals surface area contributed by atoms with Gasteiger partial charge in [-0.1, -0.05) is 0 Å². The Bertz CT molecular complexity index is 1210. The maximum atomic E-state index is 12.8. The number of anilines is 1. The Morgan fingerprint density at radius 3 is 2.79 bits per heavy atom. The fraction of sp³-hybridized carbons (Fsp3) is 0.520. The molecule has 0 aliphatic carbocycles. The van der Waals surface area contributed by atoms with Gasteiger partial charge in [0.05, 0.1) is 12.1 Å². The summed E-state index contributed by atoms with van der Waals surface area (Å²) < 4.78 is 15.8. The molecule has 0 bridgehead atoms. The molecule has 0 radical (unpaired) electrons. The van der Waals surface area contributed by atoms with E-state index in [1.807, 2.05) is 49.8 Å². The van der Waals surface area contributed by atoms with Crippen LogP contribution in [0.2, 0.25) is 0 Å². The van der Waals surface area contributed by atoms with Crippen molar-refractivity contribution in [3.63, 3.8) is 0 Å². The summed E-state index contributed by atoms with van der Waals surface area (Å²) in [5.74, 6) is 2.20. The number of esters is 1. The maximum absolute atomic E-state index is 12.8. The van der Waals surface area contributed by atoms with E-state index in [9.17, 15) is 4.79 Å². The monoisotopic (exact) mass is 464 g/mol. The van der Waals surface area contributed by atoms with Crippen LogP contribution >= 0.6 is 0 Å². The Hall–Kier alpha value is -3.36. The third-order valence-electron chi connectivity index (χ3n) is 6.13. The van der Waals surface area contributed by atoms with Gasteiger partial charge < -0.3 is 18.9 Å². The number of benzene rings is 1. The first-order valence-electron chi connectivity index (χ1n) is 11.9. The van der Waals surface area contributed by atoms with Crippen LogP contribution in [0.15, 0.2) is 30.7 Å². The smallest absolute Gasteiger partial charge is 0.329 e. The number of carbonyl (C=O) groups is 1. The van der Waals surface area contributed by atoms with Gasteiger partial charge in [-0.25, -0.2) is 19.4 Å². The van der Waals surface area contributed by atoms with Gasteiger partial charge in [-0.15, -0.1) is 0 Å². The summed E-state index contributed by atoms with van der Waals surface area (Å²) in [5.41, 5.74) is 2.18. The number of fused-ring (bicyclic) bond motifs is 3. The van der Waals surface area contributed by atoms with Gasteiger partial charge in [0.2, 0.25) is 0 Å². The normalized spacial score (nSPS) is 17.8. The summed E-state index contributed by atoms with van der Waals surface area (Å²) >= 11 is 0. The predicted octanol–water partition coefficient (Wildman–Crippen LogP) is 4.09. The molecule has 0 spiro atoms. The molecule has 1 unspecified atom stereocenters. The molecule has 180 valence electrons. The van der Waals surface area contributed by atoms with Crippen LogP contribution in [0, 0.1) is 0 Å². The molecule has 1 saturated heterocycles. The second-order valence-corrected chi connectivity index (χ2v) is 10.2. The Kier molecular flexibility index (Phi) is 5.58. The van der Waals surface area contributed by atoms with Crippen molar-refractivity contribution in [1.29, 1.82) is 0 Å². The zero-order chi connectivity index (χ0) is 24.0. The van der Waals surface area contributed by atoms with Crippen LogP contribution in [-0.4, -0.2) is 55.1 Å².